The van der Waals surface area contributed by atoms with Crippen molar-refractivity contribution in [2.24, 2.45) is 5.92 Å². The number of hydrogen-bond donors (Lipinski definition) is 0. The van der Waals surface area contributed by atoms with Gasteiger partial charge in [0.05, 0.1) is 12.3 Å². The van der Waals surface area contributed by atoms with Crippen LogP contribution >= 0.6 is 0 Å². The first-order chi connectivity index (χ1) is 14.5. The maximum Gasteiger partial charge on any atom is 0.280 e. The van der Waals surface area contributed by atoms with E-state index in [-0.39, 0.29) is 17.9 Å². The van der Waals surface area contributed by atoms with Gasteiger partial charge < -0.3 is 13.9 Å². The second kappa shape index (κ2) is 8.87. The van der Waals surface area contributed by atoms with Crippen molar-refractivity contribution in [3.63, 3.8) is 0 Å². The molecule has 0 bridgehead atoms. The minimum atomic E-state index is -2.72. The van der Waals surface area contributed by atoms with Gasteiger partial charge in [0.2, 0.25) is 0 Å². The highest BCUT2D eigenvalue weighted by molar-refractivity contribution is 5.96. The van der Waals surface area contributed by atoms with Crippen molar-refractivity contribution in [3.05, 3.63) is 59.3 Å². The average molecular weight is 415 g/mol. The Morgan fingerprint density at radius 1 is 1.33 bits per heavy atom. The van der Waals surface area contributed by atoms with E-state index in [9.17, 15) is 13.6 Å². The van der Waals surface area contributed by atoms with Gasteiger partial charge in [-0.2, -0.15) is 0 Å². The molecule has 0 spiro atoms. The Bertz CT molecular complexity index is 1050. The van der Waals surface area contributed by atoms with Crippen LogP contribution in [0.3, 0.4) is 0 Å². The second-order valence-electron chi connectivity index (χ2n) is 7.38. The van der Waals surface area contributed by atoms with Crippen molar-refractivity contribution in [1.82, 2.24) is 14.4 Å². The van der Waals surface area contributed by atoms with E-state index in [1.807, 2.05) is 29.8 Å². The summed E-state index contributed by atoms with van der Waals surface area (Å²) in [5, 5.41) is 0. The molecule has 0 N–H and O–H groups in total. The van der Waals surface area contributed by atoms with Crippen molar-refractivity contribution < 1.29 is 23.0 Å². The van der Waals surface area contributed by atoms with Crippen LogP contribution < -0.4 is 4.74 Å². The number of carbonyl (C=O) groups excluding carboxylic acids is 1. The molecule has 158 valence electrons. The zero-order valence-corrected chi connectivity index (χ0v) is 16.7. The topological polar surface area (TPSA) is 65.7 Å². The number of nitrogens with zero attached hydrogens (tertiary/aromatic N) is 3. The number of pyridine rings is 2. The summed E-state index contributed by atoms with van der Waals surface area (Å²) in [6.45, 7) is 3.84. The molecule has 3 aromatic rings. The molecule has 0 radical (unpaired) electrons. The molecular formula is C22H23F2N3O3. The SMILES string of the molecule is CCOc1cc2nc(C[C@@H]3CCOC3)cn2cc1CC(=O)c1cccc(C(F)F)n1. The summed E-state index contributed by atoms with van der Waals surface area (Å²) in [7, 11) is 0. The van der Waals surface area contributed by atoms with E-state index in [0.29, 0.717) is 23.8 Å². The van der Waals surface area contributed by atoms with Crippen LogP contribution in [-0.2, 0) is 17.6 Å². The lowest BCUT2D eigenvalue weighted by molar-refractivity contribution is 0.0984. The molecular weight excluding hydrogens is 392 g/mol. The van der Waals surface area contributed by atoms with Crippen LogP contribution in [0.15, 0.2) is 36.7 Å². The van der Waals surface area contributed by atoms with Gasteiger partial charge in [-0.15, -0.1) is 0 Å². The molecule has 0 aliphatic carbocycles. The minimum absolute atomic E-state index is 0.00502. The zero-order valence-electron chi connectivity index (χ0n) is 16.7. The molecule has 1 fully saturated rings. The number of fused-ring (bicyclic) bond motifs is 1. The Hall–Kier alpha value is -2.87. The largest absolute Gasteiger partial charge is 0.493 e. The molecule has 0 unspecified atom stereocenters. The number of ether oxygens (including phenoxy) is 2. The van der Waals surface area contributed by atoms with E-state index in [2.05, 4.69) is 9.97 Å². The van der Waals surface area contributed by atoms with E-state index in [1.54, 1.807) is 0 Å². The highest BCUT2D eigenvalue weighted by Gasteiger charge is 2.20. The number of halogens is 2. The summed E-state index contributed by atoms with van der Waals surface area (Å²) < 4.78 is 38.9. The molecule has 3 aromatic heterocycles. The quantitative estimate of drug-likeness (QED) is 0.519. The van der Waals surface area contributed by atoms with E-state index in [0.717, 1.165) is 37.4 Å². The van der Waals surface area contributed by atoms with Gasteiger partial charge in [0, 0.05) is 43.7 Å². The van der Waals surface area contributed by atoms with Gasteiger partial charge in [-0.25, -0.2) is 18.7 Å². The predicted molar refractivity (Wildman–Crippen MR) is 106 cm³/mol. The van der Waals surface area contributed by atoms with E-state index in [4.69, 9.17) is 9.47 Å². The average Bonchev–Trinajstić information content (AvgIpc) is 3.38. The summed E-state index contributed by atoms with van der Waals surface area (Å²) in [4.78, 5) is 21.2. The molecule has 0 saturated carbocycles. The first-order valence-electron chi connectivity index (χ1n) is 10.0. The molecule has 1 aliphatic heterocycles. The summed E-state index contributed by atoms with van der Waals surface area (Å²) in [5.41, 5.74) is 1.97. The van der Waals surface area contributed by atoms with Crippen molar-refractivity contribution in [2.75, 3.05) is 19.8 Å². The highest BCUT2D eigenvalue weighted by atomic mass is 19.3. The summed E-state index contributed by atoms with van der Waals surface area (Å²) in [6.07, 6.45) is 2.91. The van der Waals surface area contributed by atoms with Crippen LogP contribution in [0.5, 0.6) is 5.75 Å². The van der Waals surface area contributed by atoms with E-state index in [1.165, 1.54) is 18.2 Å². The van der Waals surface area contributed by atoms with Crippen LogP contribution in [0, 0.1) is 5.92 Å². The third-order valence-corrected chi connectivity index (χ3v) is 5.13. The standard InChI is InChI=1S/C22H23F2N3O3/c1-2-30-20-10-21-25-16(8-14-6-7-29-13-14)12-27(21)11-15(20)9-19(28)17-4-3-5-18(26-17)22(23)24/h3-5,10-12,14,22H,2,6-9,13H2,1H3/t14-/m0/s1. The maximum absolute atomic E-state index is 12.9. The first kappa shape index (κ1) is 20.4. The third-order valence-electron chi connectivity index (χ3n) is 5.13. The molecule has 30 heavy (non-hydrogen) atoms. The van der Waals surface area contributed by atoms with Gasteiger partial charge in [0.25, 0.3) is 6.43 Å². The predicted octanol–water partition coefficient (Wildman–Crippen LogP) is 4.07. The monoisotopic (exact) mass is 415 g/mol. The van der Waals surface area contributed by atoms with Gasteiger partial charge >= 0.3 is 0 Å². The van der Waals surface area contributed by atoms with Gasteiger partial charge in [0.15, 0.2) is 5.78 Å². The fourth-order valence-electron chi connectivity index (χ4n) is 3.66. The number of aromatic nitrogens is 3. The number of imidazole rings is 1. The van der Waals surface area contributed by atoms with Crippen LogP contribution in [0.1, 0.15) is 47.2 Å². The Morgan fingerprint density at radius 2 is 2.20 bits per heavy atom. The Balaban J connectivity index is 1.60. The highest BCUT2D eigenvalue weighted by Crippen LogP contribution is 2.25. The van der Waals surface area contributed by atoms with Crippen LogP contribution in [0.4, 0.5) is 8.78 Å². The first-order valence-corrected chi connectivity index (χ1v) is 10.0. The molecule has 4 rings (SSSR count). The molecule has 8 heteroatoms. The normalized spacial score (nSPS) is 16.5. The van der Waals surface area contributed by atoms with Crippen molar-refractivity contribution >= 4 is 11.4 Å². The molecule has 1 aliphatic rings. The molecule has 6 nitrogen and oxygen atoms in total. The van der Waals surface area contributed by atoms with Gasteiger partial charge in [-0.05, 0) is 37.8 Å². The summed E-state index contributed by atoms with van der Waals surface area (Å²) in [6, 6.07) is 5.89. The zero-order chi connectivity index (χ0) is 21.1. The lowest BCUT2D eigenvalue weighted by Crippen LogP contribution is -2.10. The molecule has 0 aromatic carbocycles. The van der Waals surface area contributed by atoms with E-state index < -0.39 is 12.1 Å². The minimum Gasteiger partial charge on any atom is -0.493 e. The molecule has 0 amide bonds. The number of carbonyl (C=O) groups is 1. The van der Waals surface area contributed by atoms with Crippen molar-refractivity contribution in [3.8, 4) is 5.75 Å². The summed E-state index contributed by atoms with van der Waals surface area (Å²) in [5.74, 6) is 0.682. The number of alkyl halides is 2. The second-order valence-corrected chi connectivity index (χ2v) is 7.38. The fraction of sp³-hybridized carbons (Fsp3) is 0.409. The van der Waals surface area contributed by atoms with Crippen LogP contribution in [0.2, 0.25) is 0 Å². The number of rotatable bonds is 8. The molecule has 1 atom stereocenters. The van der Waals surface area contributed by atoms with Crippen LogP contribution in [-0.4, -0.2) is 40.0 Å². The number of hydrogen-bond acceptors (Lipinski definition) is 5. The Kier molecular flexibility index (Phi) is 6.03. The van der Waals surface area contributed by atoms with Gasteiger partial charge in [-0.1, -0.05) is 6.07 Å². The Morgan fingerprint density at radius 3 is 2.93 bits per heavy atom. The summed E-state index contributed by atoms with van der Waals surface area (Å²) >= 11 is 0. The molecule has 1 saturated heterocycles. The maximum atomic E-state index is 12.9. The Labute approximate surface area is 172 Å². The van der Waals surface area contributed by atoms with Gasteiger partial charge in [-0.3, -0.25) is 4.79 Å². The van der Waals surface area contributed by atoms with Crippen molar-refractivity contribution in [2.45, 2.75) is 32.6 Å². The van der Waals surface area contributed by atoms with E-state index >= 15 is 0 Å². The number of ketones is 1. The lowest BCUT2D eigenvalue weighted by atomic mass is 10.0. The smallest absolute Gasteiger partial charge is 0.280 e. The molecule has 4 heterocycles. The van der Waals surface area contributed by atoms with Crippen LogP contribution in [0.25, 0.3) is 5.65 Å². The fourth-order valence-corrected chi connectivity index (χ4v) is 3.66. The number of Topliss-reactive ketones (excluding diaryl/α,β-unsaturated/α-hetero) is 1. The van der Waals surface area contributed by atoms with Crippen molar-refractivity contribution in [1.29, 1.82) is 0 Å². The van der Waals surface area contributed by atoms with Gasteiger partial charge in [0.1, 0.15) is 22.8 Å². The third kappa shape index (κ3) is 4.48. The lowest BCUT2D eigenvalue weighted by Gasteiger charge is -2.11.